The average Bonchev–Trinajstić information content (AvgIpc) is 1.34. The van der Waals surface area contributed by atoms with E-state index in [9.17, 15) is 52.0 Å². The van der Waals surface area contributed by atoms with Crippen LogP contribution in [0.15, 0.2) is 165 Å². The van der Waals surface area contributed by atoms with Crippen LogP contribution >= 0.6 is 8.60 Å². The highest BCUT2D eigenvalue weighted by molar-refractivity contribution is 7.91. The highest BCUT2D eigenvalue weighted by atomic mass is 32.2. The number of aromatic amines is 2. The summed E-state index contributed by atoms with van der Waals surface area (Å²) in [6.45, 7) is 1.45. The number of Topliss-reactive ketones (excluding diaryl/α,β-unsaturated/α-hetero) is 1. The summed E-state index contributed by atoms with van der Waals surface area (Å²) in [6.07, 6.45) is -4.29. The molecule has 2 aliphatic heterocycles. The lowest BCUT2D eigenvalue weighted by Gasteiger charge is -2.37. The molecule has 11 rings (SSSR count). The Morgan fingerprint density at radius 2 is 1.34 bits per heavy atom. The van der Waals surface area contributed by atoms with Crippen molar-refractivity contribution in [1.82, 2.24) is 39.0 Å². The lowest BCUT2D eigenvalue weighted by molar-refractivity contribution is -0.153. The fourth-order valence-electron chi connectivity index (χ4n) is 12.1. The zero-order valence-corrected chi connectivity index (χ0v) is 59.3. The maximum absolute atomic E-state index is 13.6. The van der Waals surface area contributed by atoms with Gasteiger partial charge in [-0.2, -0.15) is 10.2 Å². The van der Waals surface area contributed by atoms with Crippen LogP contribution in [-0.4, -0.2) is 156 Å². The number of para-hydroxylation sites is 1. The molecule has 6 heterocycles. The Morgan fingerprint density at radius 3 is 2.01 bits per heavy atom. The number of nitrogens with zero attached hydrogens (tertiary/aromatic N) is 6. The summed E-state index contributed by atoms with van der Waals surface area (Å²) in [5, 5.41) is 15.5. The topological polar surface area (TPSA) is 392 Å². The number of carbonyl (C=O) groups excluding carboxylic acids is 5. The minimum atomic E-state index is -3.81. The highest BCUT2D eigenvalue weighted by Gasteiger charge is 2.46. The summed E-state index contributed by atoms with van der Waals surface area (Å²) in [7, 11) is -1.75. The number of amides is 2. The molecule has 0 radical (unpaired) electrons. The first-order valence-corrected chi connectivity index (χ1v) is 36.0. The number of fused-ring (bicyclic) bond motifs is 2. The largest absolute Gasteiger partial charge is 0.497 e. The molecule has 105 heavy (non-hydrogen) atoms. The molecular formula is C72H75N10O21PS. The van der Waals surface area contributed by atoms with Crippen molar-refractivity contribution in [2.45, 2.75) is 106 Å². The predicted octanol–water partition coefficient (Wildman–Crippen LogP) is 7.53. The molecule has 2 amide bonds. The first-order valence-electron chi connectivity index (χ1n) is 33.2. The number of hydrogen-bond acceptors (Lipinski definition) is 24. The predicted molar refractivity (Wildman–Crippen MR) is 377 cm³/mol. The zero-order valence-electron chi connectivity index (χ0n) is 57.6. The number of nitriles is 1. The molecular weight excluding hydrogens is 1400 g/mol. The number of ketones is 1. The van der Waals surface area contributed by atoms with Crippen LogP contribution in [0.1, 0.15) is 85.7 Å². The number of ether oxygens (including phenoxy) is 8. The van der Waals surface area contributed by atoms with Crippen molar-refractivity contribution in [2.75, 3.05) is 65.4 Å². The second kappa shape index (κ2) is 34.2. The van der Waals surface area contributed by atoms with Gasteiger partial charge in [-0.3, -0.25) is 53.0 Å². The molecule has 2 fully saturated rings. The first-order chi connectivity index (χ1) is 50.7. The minimum absolute atomic E-state index is 0.0285. The lowest BCUT2D eigenvalue weighted by Crippen LogP contribution is -2.38. The van der Waals surface area contributed by atoms with E-state index in [1.54, 1.807) is 45.4 Å². The van der Waals surface area contributed by atoms with Crippen molar-refractivity contribution in [3.05, 3.63) is 205 Å². The smallest absolute Gasteiger partial charge is 0.418 e. The number of aryl methyl sites for hydroxylation is 1. The second-order valence-corrected chi connectivity index (χ2v) is 27.7. The molecule has 1 unspecified atom stereocenters. The third-order valence-corrected chi connectivity index (χ3v) is 20.3. The Bertz CT molecular complexity index is 4900. The number of rotatable bonds is 33. The van der Waals surface area contributed by atoms with Crippen molar-refractivity contribution in [2.24, 2.45) is 0 Å². The quantitative estimate of drug-likeness (QED) is 0.0134. The number of methoxy groups -OCH3 is 3. The summed E-state index contributed by atoms with van der Waals surface area (Å²) in [5.41, 5.74) is -0.461. The molecule has 2 aliphatic rings. The number of imidazole rings is 1. The SMILES string of the molecule is COc1ccc(C(OC[C@H]2O[C@@H](n3cc(C)c(=O)[nH]c3=O)C[C@H]2OP(OCCC#N)OC[C@H]2O[C@@H](n3cnc4c(=O)[nH]c(NC(=O)CCNC(=O)Cc5cn(C(=O)OCCS(=O)(=O)c6ccc(OC)cc6)c6ccccc56)nc43)C[C@@H]2OC(=O)CCC(C)=O)(c2ccccc2)c2ccc(OC)cc2)cc1. The van der Waals surface area contributed by atoms with Crippen LogP contribution in [0.25, 0.3) is 22.1 Å². The molecule has 550 valence electrons. The number of carbonyl (C=O) groups is 5. The Labute approximate surface area is 601 Å². The minimum Gasteiger partial charge on any atom is -0.497 e. The molecule has 5 aromatic carbocycles. The Kier molecular flexibility index (Phi) is 24.6. The third kappa shape index (κ3) is 18.1. The van der Waals surface area contributed by atoms with E-state index in [-0.39, 0.29) is 98.1 Å². The van der Waals surface area contributed by atoms with Gasteiger partial charge in [0.2, 0.25) is 17.8 Å². The molecule has 0 aliphatic carbocycles. The average molecular weight is 1480 g/mol. The van der Waals surface area contributed by atoms with Gasteiger partial charge in [-0.1, -0.05) is 72.8 Å². The van der Waals surface area contributed by atoms with Gasteiger partial charge in [0.25, 0.3) is 11.1 Å². The number of nitrogens with one attached hydrogen (secondary N) is 4. The van der Waals surface area contributed by atoms with Crippen molar-refractivity contribution in [1.29, 1.82) is 5.26 Å². The van der Waals surface area contributed by atoms with E-state index >= 15 is 0 Å². The number of anilines is 1. The van der Waals surface area contributed by atoms with Gasteiger partial charge < -0.3 is 61.6 Å². The van der Waals surface area contributed by atoms with E-state index in [4.69, 9.17) is 51.5 Å². The molecule has 4 aromatic heterocycles. The number of esters is 1. The summed E-state index contributed by atoms with van der Waals surface area (Å²) in [6, 6.07) is 38.9. The van der Waals surface area contributed by atoms with Crippen LogP contribution in [0.5, 0.6) is 17.2 Å². The first kappa shape index (κ1) is 75.4. The van der Waals surface area contributed by atoms with Gasteiger partial charge in [-0.05, 0) is 90.7 Å². The fraction of sp³-hybridized carbons (Fsp3) is 0.347. The van der Waals surface area contributed by atoms with Crippen molar-refractivity contribution in [3.8, 4) is 23.3 Å². The van der Waals surface area contributed by atoms with E-state index < -0.39 is 121 Å². The van der Waals surface area contributed by atoms with Crippen LogP contribution < -0.4 is 41.7 Å². The molecule has 33 heteroatoms. The molecule has 31 nitrogen and oxygen atoms in total. The molecule has 0 spiro atoms. The molecule has 9 aromatic rings. The van der Waals surface area contributed by atoms with Gasteiger partial charge in [0.15, 0.2) is 21.0 Å². The van der Waals surface area contributed by atoms with E-state index in [0.29, 0.717) is 44.8 Å². The van der Waals surface area contributed by atoms with E-state index in [0.717, 1.165) is 5.56 Å². The van der Waals surface area contributed by atoms with Gasteiger partial charge >= 0.3 is 26.4 Å². The number of benzene rings is 5. The van der Waals surface area contributed by atoms with Gasteiger partial charge in [0, 0.05) is 55.6 Å². The molecule has 2 saturated heterocycles. The monoisotopic (exact) mass is 1480 g/mol. The Morgan fingerprint density at radius 1 is 0.714 bits per heavy atom. The summed E-state index contributed by atoms with van der Waals surface area (Å²) in [5.74, 6) is -1.29. The summed E-state index contributed by atoms with van der Waals surface area (Å²) >= 11 is 0. The Balaban J connectivity index is 0.783. The van der Waals surface area contributed by atoms with Gasteiger partial charge in [0.1, 0.15) is 66.0 Å². The van der Waals surface area contributed by atoms with Crippen molar-refractivity contribution >= 4 is 76.1 Å². The van der Waals surface area contributed by atoms with E-state index in [2.05, 4.69) is 30.6 Å². The van der Waals surface area contributed by atoms with Gasteiger partial charge in [0.05, 0.1) is 95.1 Å². The van der Waals surface area contributed by atoms with E-state index in [1.807, 2.05) is 84.9 Å². The van der Waals surface area contributed by atoms with Crippen LogP contribution in [0, 0.1) is 18.3 Å². The number of H-pyrrole nitrogens is 2. The maximum Gasteiger partial charge on any atom is 0.418 e. The van der Waals surface area contributed by atoms with Gasteiger partial charge in [-0.15, -0.1) is 0 Å². The molecule has 7 atom stereocenters. The molecule has 0 saturated carbocycles. The number of hydrogen-bond donors (Lipinski definition) is 4. The van der Waals surface area contributed by atoms with Crippen molar-refractivity contribution < 1.29 is 83.9 Å². The summed E-state index contributed by atoms with van der Waals surface area (Å²) < 4.78 is 97.2. The second-order valence-electron chi connectivity index (χ2n) is 24.4. The maximum atomic E-state index is 13.6. The van der Waals surface area contributed by atoms with E-state index in [1.165, 1.54) is 70.7 Å². The molecule has 4 N–H and O–H groups in total. The zero-order chi connectivity index (χ0) is 74.4. The normalized spacial score (nSPS) is 17.6. The fourth-order valence-corrected chi connectivity index (χ4v) is 14.3. The number of sulfone groups is 1. The molecule has 0 bridgehead atoms. The van der Waals surface area contributed by atoms with Crippen LogP contribution in [0.3, 0.4) is 0 Å². The Hall–Kier alpha value is -10.8. The van der Waals surface area contributed by atoms with Gasteiger partial charge in [-0.25, -0.2) is 23.0 Å². The summed E-state index contributed by atoms with van der Waals surface area (Å²) in [4.78, 5) is 119. The third-order valence-electron chi connectivity index (χ3n) is 17.4. The van der Waals surface area contributed by atoms with Crippen LogP contribution in [0.4, 0.5) is 10.7 Å². The van der Waals surface area contributed by atoms with Crippen LogP contribution in [0.2, 0.25) is 0 Å². The van der Waals surface area contributed by atoms with Crippen LogP contribution in [-0.2, 0) is 78.3 Å². The van der Waals surface area contributed by atoms with Crippen molar-refractivity contribution in [3.63, 3.8) is 0 Å². The highest BCUT2D eigenvalue weighted by Crippen LogP contribution is 2.49. The lowest BCUT2D eigenvalue weighted by atomic mass is 9.80. The standard InChI is InChI=1S/C72H75N10O21PS/c1-44-39-81(70(89)79-67(44)87)62-38-57(58(100-62)41-97-72(47-12-7-6-8-13-47,48-17-21-50(93-3)22-18-48)49-19-23-51(94-4)24-20-49)103-104(98-33-11-31-73)99-42-59-56(102-64(86)29-16-45(2)83)37-63(101-59)82-43-75-65-66(82)77-69(78-68(65)88)76-60(84)30-32-74-61(85)36-46-40-80(55-15-10-9-14-54(46)55)71(90)96-34-35-105(91,92)53-27-25-52(95-5)26-28-53/h6-10,12-15,17-28,39-40,43,56-59,62-63H,11,16,29-30,32-38,41-42H2,1-5H3,(H,74,85)(H,79,87,89)(H2,76,77,78,84,88)/t56-,57+,58+,59+,62+,63+,104?/m0/s1. The number of aromatic nitrogens is 7.